The highest BCUT2D eigenvalue weighted by Crippen LogP contribution is 2.51. The van der Waals surface area contributed by atoms with Crippen LogP contribution in [-0.2, 0) is 28.6 Å². The number of aliphatic hydroxyl groups is 1. The molecule has 2 aliphatic carbocycles. The summed E-state index contributed by atoms with van der Waals surface area (Å²) in [6, 6.07) is 0. The van der Waals surface area contributed by atoms with Crippen molar-refractivity contribution in [2.24, 2.45) is 23.7 Å². The van der Waals surface area contributed by atoms with E-state index in [0.717, 1.165) is 12.0 Å². The Bertz CT molecular complexity index is 778. The van der Waals surface area contributed by atoms with E-state index < -0.39 is 36.0 Å². The Morgan fingerprint density at radius 3 is 2.72 bits per heavy atom. The molecule has 1 saturated heterocycles. The van der Waals surface area contributed by atoms with Gasteiger partial charge in [0.05, 0.1) is 5.92 Å². The molecule has 0 bridgehead atoms. The largest absolute Gasteiger partial charge is 0.462 e. The Balaban J connectivity index is 1.84. The van der Waals surface area contributed by atoms with E-state index in [0.29, 0.717) is 17.6 Å². The molecule has 6 unspecified atom stereocenters. The molecular weight excluding hydrogens is 376 g/mol. The average molecular weight is 404 g/mol. The van der Waals surface area contributed by atoms with Crippen molar-refractivity contribution in [1.29, 1.82) is 0 Å². The Morgan fingerprint density at radius 1 is 1.34 bits per heavy atom. The molecule has 2 fully saturated rings. The molecule has 1 saturated carbocycles. The minimum Gasteiger partial charge on any atom is -0.462 e. The number of carbonyl (C=O) groups excluding carboxylic acids is 3. The third-order valence-corrected chi connectivity index (χ3v) is 6.35. The molecule has 158 valence electrons. The third-order valence-electron chi connectivity index (χ3n) is 6.35. The van der Waals surface area contributed by atoms with Crippen molar-refractivity contribution in [2.75, 3.05) is 13.2 Å². The lowest BCUT2D eigenvalue weighted by Crippen LogP contribution is -2.36. The second-order valence-electron chi connectivity index (χ2n) is 8.11. The first kappa shape index (κ1) is 21.3. The maximum Gasteiger partial charge on any atom is 0.334 e. The molecule has 7 heteroatoms. The van der Waals surface area contributed by atoms with Gasteiger partial charge in [0, 0.05) is 30.6 Å². The Kier molecular flexibility index (Phi) is 6.27. The topological polar surface area (TPSA) is 99.1 Å². The summed E-state index contributed by atoms with van der Waals surface area (Å²) in [5.41, 5.74) is 1.75. The van der Waals surface area contributed by atoms with E-state index in [1.165, 1.54) is 13.0 Å². The van der Waals surface area contributed by atoms with Crippen molar-refractivity contribution in [3.05, 3.63) is 35.5 Å². The van der Waals surface area contributed by atoms with Crippen LogP contribution in [0.2, 0.25) is 0 Å². The monoisotopic (exact) mass is 404 g/mol. The van der Waals surface area contributed by atoms with E-state index in [-0.39, 0.29) is 31.0 Å². The summed E-state index contributed by atoms with van der Waals surface area (Å²) in [7, 11) is 0. The summed E-state index contributed by atoms with van der Waals surface area (Å²) in [5, 5.41) is 10.0. The summed E-state index contributed by atoms with van der Waals surface area (Å²) < 4.78 is 16.3. The number of ether oxygens (including phenoxy) is 3. The molecule has 0 radical (unpaired) electrons. The highest BCUT2D eigenvalue weighted by atomic mass is 16.6. The molecular formula is C22H28O7. The van der Waals surface area contributed by atoms with Crippen molar-refractivity contribution in [3.63, 3.8) is 0 Å². The van der Waals surface area contributed by atoms with Crippen molar-refractivity contribution in [1.82, 2.24) is 0 Å². The number of hydrogen-bond donors (Lipinski definition) is 1. The van der Waals surface area contributed by atoms with Crippen LogP contribution in [-0.4, -0.2) is 48.4 Å². The highest BCUT2D eigenvalue weighted by molar-refractivity contribution is 5.91. The molecule has 3 rings (SSSR count). The first-order valence-electron chi connectivity index (χ1n) is 9.93. The van der Waals surface area contributed by atoms with Gasteiger partial charge in [-0.25, -0.2) is 9.59 Å². The van der Waals surface area contributed by atoms with E-state index in [2.05, 4.69) is 12.7 Å². The van der Waals surface area contributed by atoms with E-state index in [9.17, 15) is 19.5 Å². The van der Waals surface area contributed by atoms with Gasteiger partial charge in [0.25, 0.3) is 0 Å². The zero-order chi connectivity index (χ0) is 21.3. The molecule has 6 atom stereocenters. The highest BCUT2D eigenvalue weighted by Gasteiger charge is 2.55. The van der Waals surface area contributed by atoms with E-state index in [4.69, 9.17) is 14.2 Å². The number of allylic oxidation sites excluding steroid dienone is 1. The molecule has 29 heavy (non-hydrogen) atoms. The van der Waals surface area contributed by atoms with Crippen LogP contribution < -0.4 is 0 Å². The van der Waals surface area contributed by atoms with Crippen LogP contribution in [0.1, 0.15) is 33.6 Å². The smallest absolute Gasteiger partial charge is 0.334 e. The maximum absolute atomic E-state index is 12.6. The van der Waals surface area contributed by atoms with Crippen molar-refractivity contribution >= 4 is 17.9 Å². The summed E-state index contributed by atoms with van der Waals surface area (Å²) in [6.07, 6.45) is 3.78. The lowest BCUT2D eigenvalue weighted by molar-refractivity contribution is -0.149. The van der Waals surface area contributed by atoms with E-state index in [1.54, 1.807) is 6.92 Å². The molecule has 0 spiro atoms. The molecule has 0 amide bonds. The van der Waals surface area contributed by atoms with Crippen LogP contribution in [0.4, 0.5) is 0 Å². The predicted octanol–water partition coefficient (Wildman–Crippen LogP) is 2.10. The summed E-state index contributed by atoms with van der Waals surface area (Å²) in [4.78, 5) is 35.8. The predicted molar refractivity (Wildman–Crippen MR) is 103 cm³/mol. The van der Waals surface area contributed by atoms with Gasteiger partial charge in [-0.05, 0) is 44.6 Å². The van der Waals surface area contributed by atoms with Gasteiger partial charge in [0.1, 0.15) is 18.8 Å². The lowest BCUT2D eigenvalue weighted by atomic mass is 9.78. The number of aliphatic hydroxyl groups excluding tert-OH is 1. The fourth-order valence-corrected chi connectivity index (χ4v) is 4.82. The van der Waals surface area contributed by atoms with Gasteiger partial charge in [0.2, 0.25) is 0 Å². The standard InChI is InChI=1S/C22H28O7/c1-11-5-6-16-15(10-23)9-17(19-13(3)22(26)29-20(19)18(11)16)28-21(25)12(2)7-8-27-14(4)24/h5,7,15-20,23H,3,6,8-10H2,1-2,4H3. The summed E-state index contributed by atoms with van der Waals surface area (Å²) >= 11 is 0. The number of fused-ring (bicyclic) bond motifs is 3. The molecule has 1 N–H and O–H groups in total. The number of rotatable bonds is 5. The minimum atomic E-state index is -0.626. The number of carbonyl (C=O) groups is 3. The van der Waals surface area contributed by atoms with Gasteiger partial charge >= 0.3 is 17.9 Å². The lowest BCUT2D eigenvalue weighted by Gasteiger charge is -2.29. The van der Waals surface area contributed by atoms with Crippen LogP contribution in [0.25, 0.3) is 0 Å². The van der Waals surface area contributed by atoms with Gasteiger partial charge in [-0.3, -0.25) is 4.79 Å². The second kappa shape index (κ2) is 8.53. The Morgan fingerprint density at radius 2 is 2.07 bits per heavy atom. The molecule has 1 heterocycles. The molecule has 1 aliphatic heterocycles. The SMILES string of the molecule is C=C1C(=O)OC2C1C(OC(=O)C(C)=CCOC(C)=O)CC(CO)C1CC=C(C)C12. The number of esters is 3. The Hall–Kier alpha value is -2.41. The average Bonchev–Trinajstić information content (AvgIpc) is 3.13. The molecule has 3 aliphatic rings. The van der Waals surface area contributed by atoms with Gasteiger partial charge in [-0.1, -0.05) is 18.2 Å². The summed E-state index contributed by atoms with van der Waals surface area (Å²) in [6.45, 7) is 8.74. The first-order chi connectivity index (χ1) is 13.7. The quantitative estimate of drug-likeness (QED) is 0.324. The molecule has 0 aromatic rings. The normalized spacial score (nSPS) is 33.9. The van der Waals surface area contributed by atoms with Crippen molar-refractivity contribution < 1.29 is 33.7 Å². The van der Waals surface area contributed by atoms with Crippen LogP contribution in [0, 0.1) is 23.7 Å². The van der Waals surface area contributed by atoms with Crippen LogP contribution in [0.5, 0.6) is 0 Å². The Labute approximate surface area is 170 Å². The van der Waals surface area contributed by atoms with Gasteiger partial charge < -0.3 is 19.3 Å². The number of hydrogen-bond acceptors (Lipinski definition) is 7. The molecule has 0 aromatic carbocycles. The van der Waals surface area contributed by atoms with E-state index in [1.807, 2.05) is 6.92 Å². The van der Waals surface area contributed by atoms with Gasteiger partial charge in [0.15, 0.2) is 0 Å². The van der Waals surface area contributed by atoms with Crippen molar-refractivity contribution in [2.45, 2.75) is 45.8 Å². The summed E-state index contributed by atoms with van der Waals surface area (Å²) in [5.74, 6) is -1.84. The third kappa shape index (κ3) is 4.15. The fourth-order valence-electron chi connectivity index (χ4n) is 4.82. The van der Waals surface area contributed by atoms with Crippen LogP contribution in [0.3, 0.4) is 0 Å². The van der Waals surface area contributed by atoms with Gasteiger partial charge in [-0.15, -0.1) is 0 Å². The second-order valence-corrected chi connectivity index (χ2v) is 8.11. The first-order valence-corrected chi connectivity index (χ1v) is 9.93. The van der Waals surface area contributed by atoms with Crippen LogP contribution in [0.15, 0.2) is 35.5 Å². The zero-order valence-corrected chi connectivity index (χ0v) is 17.1. The molecule has 7 nitrogen and oxygen atoms in total. The van der Waals surface area contributed by atoms with Gasteiger partial charge in [-0.2, -0.15) is 0 Å². The molecule has 0 aromatic heterocycles. The fraction of sp³-hybridized carbons (Fsp3) is 0.591. The zero-order valence-electron chi connectivity index (χ0n) is 17.1. The van der Waals surface area contributed by atoms with Crippen molar-refractivity contribution in [3.8, 4) is 0 Å². The minimum absolute atomic E-state index is 0.00958. The van der Waals surface area contributed by atoms with E-state index >= 15 is 0 Å². The van der Waals surface area contributed by atoms with Crippen LogP contribution >= 0.6 is 0 Å². The maximum atomic E-state index is 12.6.